The first kappa shape index (κ1) is 22.5. The number of aliphatic carboxylic acids is 1. The van der Waals surface area contributed by atoms with Gasteiger partial charge in [-0.3, -0.25) is 14.2 Å². The molecule has 3 aromatic carbocycles. The van der Waals surface area contributed by atoms with Crippen LogP contribution in [0.5, 0.6) is 17.2 Å². The Bertz CT molecular complexity index is 1390. The van der Waals surface area contributed by atoms with Crippen molar-refractivity contribution in [1.82, 2.24) is 4.57 Å². The second-order valence-electron chi connectivity index (χ2n) is 8.51. The van der Waals surface area contributed by atoms with Gasteiger partial charge in [-0.25, -0.2) is 0 Å². The number of carboxylic acid groups (broad SMARTS) is 1. The molecule has 1 atom stereocenters. The van der Waals surface area contributed by atoms with Crippen LogP contribution in [0.2, 0.25) is 0 Å². The fraction of sp³-hybridized carbons (Fsp3) is 0.214. The molecule has 0 aliphatic carbocycles. The van der Waals surface area contributed by atoms with Crippen LogP contribution < -0.4 is 14.2 Å². The summed E-state index contributed by atoms with van der Waals surface area (Å²) in [5.74, 6) is 1.08. The molecule has 7 nitrogen and oxygen atoms in total. The molecular formula is C28H25NO6. The Morgan fingerprint density at radius 1 is 1.03 bits per heavy atom. The highest BCUT2D eigenvalue weighted by molar-refractivity contribution is 6.04. The SMILES string of the molecule is Cc1cc2c(CC(=O)O)cccc2n1C(=O)c1ccc(OCCC2COc3ccccc3O2)cc1. The van der Waals surface area contributed by atoms with Crippen LogP contribution >= 0.6 is 0 Å². The van der Waals surface area contributed by atoms with E-state index in [0.717, 1.165) is 22.6 Å². The summed E-state index contributed by atoms with van der Waals surface area (Å²) in [6.45, 7) is 2.78. The van der Waals surface area contributed by atoms with Gasteiger partial charge >= 0.3 is 5.97 Å². The van der Waals surface area contributed by atoms with E-state index in [0.29, 0.717) is 42.0 Å². The van der Waals surface area contributed by atoms with Crippen molar-refractivity contribution in [3.63, 3.8) is 0 Å². The molecule has 0 saturated heterocycles. The summed E-state index contributed by atoms with van der Waals surface area (Å²) in [5, 5.41) is 9.97. The number of aromatic nitrogens is 1. The third-order valence-corrected chi connectivity index (χ3v) is 6.04. The minimum atomic E-state index is -0.905. The maximum absolute atomic E-state index is 13.3. The smallest absolute Gasteiger partial charge is 0.307 e. The van der Waals surface area contributed by atoms with Crippen molar-refractivity contribution >= 4 is 22.8 Å². The molecule has 2 heterocycles. The largest absolute Gasteiger partial charge is 0.493 e. The molecule has 4 aromatic rings. The summed E-state index contributed by atoms with van der Waals surface area (Å²) in [6.07, 6.45) is 0.495. The topological polar surface area (TPSA) is 87.0 Å². The molecule has 1 aliphatic rings. The van der Waals surface area contributed by atoms with E-state index < -0.39 is 5.97 Å². The van der Waals surface area contributed by atoms with E-state index >= 15 is 0 Å². The fourth-order valence-corrected chi connectivity index (χ4v) is 4.35. The predicted molar refractivity (Wildman–Crippen MR) is 131 cm³/mol. The Kier molecular flexibility index (Phi) is 6.14. The molecule has 5 rings (SSSR count). The number of carboxylic acids is 1. The van der Waals surface area contributed by atoms with Gasteiger partial charge in [0.2, 0.25) is 0 Å². The summed E-state index contributed by atoms with van der Waals surface area (Å²) in [7, 11) is 0. The number of rotatable bonds is 7. The number of hydrogen-bond acceptors (Lipinski definition) is 5. The second kappa shape index (κ2) is 9.54. The fourth-order valence-electron chi connectivity index (χ4n) is 4.35. The van der Waals surface area contributed by atoms with Gasteiger partial charge in [-0.1, -0.05) is 24.3 Å². The molecule has 35 heavy (non-hydrogen) atoms. The predicted octanol–water partition coefficient (Wildman–Crippen LogP) is 4.87. The summed E-state index contributed by atoms with van der Waals surface area (Å²) >= 11 is 0. The molecule has 1 aliphatic heterocycles. The zero-order valence-electron chi connectivity index (χ0n) is 19.3. The quantitative estimate of drug-likeness (QED) is 0.414. The molecule has 7 heteroatoms. The van der Waals surface area contributed by atoms with Gasteiger partial charge in [0.1, 0.15) is 18.5 Å². The van der Waals surface area contributed by atoms with Crippen LogP contribution in [0.1, 0.15) is 28.0 Å². The molecule has 0 fully saturated rings. The highest BCUT2D eigenvalue weighted by atomic mass is 16.6. The molecule has 0 spiro atoms. The summed E-state index contributed by atoms with van der Waals surface area (Å²) in [5.41, 5.74) is 2.65. The minimum Gasteiger partial charge on any atom is -0.493 e. The molecular weight excluding hydrogens is 446 g/mol. The first-order valence-electron chi connectivity index (χ1n) is 11.5. The van der Waals surface area contributed by atoms with Crippen molar-refractivity contribution in [1.29, 1.82) is 0 Å². The first-order chi connectivity index (χ1) is 17.0. The van der Waals surface area contributed by atoms with Gasteiger partial charge in [0.05, 0.1) is 18.5 Å². The van der Waals surface area contributed by atoms with Crippen molar-refractivity contribution in [2.45, 2.75) is 25.9 Å². The average Bonchev–Trinajstić information content (AvgIpc) is 3.20. The Morgan fingerprint density at radius 3 is 2.57 bits per heavy atom. The van der Waals surface area contributed by atoms with E-state index in [4.69, 9.17) is 14.2 Å². The van der Waals surface area contributed by atoms with Crippen LogP contribution in [0.4, 0.5) is 0 Å². The van der Waals surface area contributed by atoms with Crippen LogP contribution in [0.15, 0.2) is 72.8 Å². The number of ether oxygens (including phenoxy) is 3. The molecule has 1 N–H and O–H groups in total. The standard InChI is InChI=1S/C28H25NO6/c1-18-15-23-20(16-27(30)31)5-4-6-24(23)29(18)28(32)19-9-11-21(12-10-19)33-14-13-22-17-34-25-7-2-3-8-26(25)35-22/h2-12,15,22H,13-14,16-17H2,1H3,(H,30,31). The number of carbonyl (C=O) groups is 2. The van der Waals surface area contributed by atoms with E-state index in [-0.39, 0.29) is 18.4 Å². The van der Waals surface area contributed by atoms with E-state index in [2.05, 4.69) is 0 Å². The maximum Gasteiger partial charge on any atom is 0.307 e. The lowest BCUT2D eigenvalue weighted by Crippen LogP contribution is -2.30. The number of nitrogens with zero attached hydrogens (tertiary/aromatic N) is 1. The Balaban J connectivity index is 1.24. The first-order valence-corrected chi connectivity index (χ1v) is 11.5. The molecule has 1 unspecified atom stereocenters. The number of para-hydroxylation sites is 2. The third kappa shape index (κ3) is 4.71. The second-order valence-corrected chi connectivity index (χ2v) is 8.51. The lowest BCUT2D eigenvalue weighted by Gasteiger charge is -2.26. The average molecular weight is 472 g/mol. The van der Waals surface area contributed by atoms with Crippen molar-refractivity contribution in [2.75, 3.05) is 13.2 Å². The highest BCUT2D eigenvalue weighted by Crippen LogP contribution is 2.31. The van der Waals surface area contributed by atoms with Crippen molar-refractivity contribution in [2.24, 2.45) is 0 Å². The molecule has 178 valence electrons. The lowest BCUT2D eigenvalue weighted by atomic mass is 10.1. The highest BCUT2D eigenvalue weighted by Gasteiger charge is 2.21. The number of carbonyl (C=O) groups excluding carboxylic acids is 1. The van der Waals surface area contributed by atoms with Crippen LogP contribution in [0, 0.1) is 6.92 Å². The van der Waals surface area contributed by atoms with E-state index in [1.54, 1.807) is 41.0 Å². The van der Waals surface area contributed by atoms with Crippen LogP contribution in [-0.4, -0.2) is 40.9 Å². The van der Waals surface area contributed by atoms with Gasteiger partial charge in [0.15, 0.2) is 11.5 Å². The van der Waals surface area contributed by atoms with Gasteiger partial charge in [-0.2, -0.15) is 0 Å². The monoisotopic (exact) mass is 471 g/mol. The van der Waals surface area contributed by atoms with Gasteiger partial charge in [-0.05, 0) is 61.0 Å². The van der Waals surface area contributed by atoms with Gasteiger partial charge < -0.3 is 19.3 Å². The Hall–Kier alpha value is -4.26. The van der Waals surface area contributed by atoms with Crippen molar-refractivity contribution in [3.05, 3.63) is 89.6 Å². The number of fused-ring (bicyclic) bond motifs is 2. The Labute approximate surface area is 202 Å². The van der Waals surface area contributed by atoms with Crippen molar-refractivity contribution in [3.8, 4) is 17.2 Å². The summed E-state index contributed by atoms with van der Waals surface area (Å²) in [4.78, 5) is 24.5. The van der Waals surface area contributed by atoms with Crippen LogP contribution in [0.3, 0.4) is 0 Å². The lowest BCUT2D eigenvalue weighted by molar-refractivity contribution is -0.136. The molecule has 0 bridgehead atoms. The van der Waals surface area contributed by atoms with Gasteiger partial charge in [0.25, 0.3) is 5.91 Å². The zero-order chi connectivity index (χ0) is 24.4. The normalized spacial score (nSPS) is 14.6. The van der Waals surface area contributed by atoms with Gasteiger partial charge in [0, 0.05) is 23.1 Å². The van der Waals surface area contributed by atoms with Crippen LogP contribution in [-0.2, 0) is 11.2 Å². The molecule has 0 saturated carbocycles. The van der Waals surface area contributed by atoms with E-state index in [9.17, 15) is 14.7 Å². The molecule has 0 amide bonds. The number of aryl methyl sites for hydroxylation is 1. The Morgan fingerprint density at radius 2 is 1.80 bits per heavy atom. The third-order valence-electron chi connectivity index (χ3n) is 6.04. The maximum atomic E-state index is 13.3. The number of hydrogen-bond donors (Lipinski definition) is 1. The summed E-state index contributed by atoms with van der Waals surface area (Å²) < 4.78 is 19.2. The van der Waals surface area contributed by atoms with E-state index in [1.807, 2.05) is 43.3 Å². The van der Waals surface area contributed by atoms with Crippen LogP contribution in [0.25, 0.3) is 10.9 Å². The summed E-state index contributed by atoms with van der Waals surface area (Å²) in [6, 6.07) is 21.9. The van der Waals surface area contributed by atoms with Crippen molar-refractivity contribution < 1.29 is 28.9 Å². The van der Waals surface area contributed by atoms with Gasteiger partial charge in [-0.15, -0.1) is 0 Å². The number of benzene rings is 3. The molecule has 1 aromatic heterocycles. The molecule has 0 radical (unpaired) electrons. The minimum absolute atomic E-state index is 0.0817. The van der Waals surface area contributed by atoms with E-state index in [1.165, 1.54) is 0 Å². The zero-order valence-corrected chi connectivity index (χ0v) is 19.3.